The van der Waals surface area contributed by atoms with E-state index in [0.717, 1.165) is 17.9 Å². The van der Waals surface area contributed by atoms with Gasteiger partial charge in [-0.2, -0.15) is 0 Å². The van der Waals surface area contributed by atoms with Gasteiger partial charge in [-0.25, -0.2) is 0 Å². The summed E-state index contributed by atoms with van der Waals surface area (Å²) in [6, 6.07) is 3.79. The first kappa shape index (κ1) is 13.2. The van der Waals surface area contributed by atoms with Crippen molar-refractivity contribution < 1.29 is 13.9 Å². The number of furan rings is 1. The van der Waals surface area contributed by atoms with Crippen molar-refractivity contribution in [3.05, 3.63) is 23.7 Å². The fraction of sp³-hybridized carbons (Fsp3) is 0.667. The predicted molar refractivity (Wildman–Crippen MR) is 62.3 cm³/mol. The van der Waals surface area contributed by atoms with Crippen LogP contribution in [0.1, 0.15) is 31.0 Å². The standard InChI is InChI=1S/C12H21NO3/c1-4-10(13)12(15-8-7-14-3)11-6-5-9(2)16-11/h5-6,10,12H,4,7-8,13H2,1-3H3. The van der Waals surface area contributed by atoms with E-state index in [1.54, 1.807) is 7.11 Å². The van der Waals surface area contributed by atoms with Crippen LogP contribution in [0.15, 0.2) is 16.5 Å². The highest BCUT2D eigenvalue weighted by Gasteiger charge is 2.22. The molecule has 0 bridgehead atoms. The molecule has 2 atom stereocenters. The first-order chi connectivity index (χ1) is 7.69. The summed E-state index contributed by atoms with van der Waals surface area (Å²) in [5, 5.41) is 0. The third-order valence-corrected chi connectivity index (χ3v) is 2.49. The van der Waals surface area contributed by atoms with Crippen LogP contribution in [0.3, 0.4) is 0 Å². The second-order valence-corrected chi connectivity index (χ2v) is 3.80. The molecule has 4 nitrogen and oxygen atoms in total. The Morgan fingerprint density at radius 2 is 2.12 bits per heavy atom. The first-order valence-electron chi connectivity index (χ1n) is 5.61. The molecule has 0 saturated heterocycles. The normalized spacial score (nSPS) is 15.0. The highest BCUT2D eigenvalue weighted by molar-refractivity contribution is 5.10. The van der Waals surface area contributed by atoms with Crippen molar-refractivity contribution in [2.45, 2.75) is 32.4 Å². The van der Waals surface area contributed by atoms with Gasteiger partial charge in [0, 0.05) is 13.2 Å². The molecule has 0 aromatic carbocycles. The lowest BCUT2D eigenvalue weighted by atomic mass is 10.1. The third-order valence-electron chi connectivity index (χ3n) is 2.49. The number of methoxy groups -OCH3 is 1. The molecule has 0 aliphatic heterocycles. The number of rotatable bonds is 7. The van der Waals surface area contributed by atoms with Crippen LogP contribution in [0.25, 0.3) is 0 Å². The van der Waals surface area contributed by atoms with E-state index in [4.69, 9.17) is 19.6 Å². The quantitative estimate of drug-likeness (QED) is 0.724. The summed E-state index contributed by atoms with van der Waals surface area (Å²) in [5.41, 5.74) is 6.01. The summed E-state index contributed by atoms with van der Waals surface area (Å²) in [6.07, 6.45) is 0.658. The molecule has 2 unspecified atom stereocenters. The van der Waals surface area contributed by atoms with Crippen molar-refractivity contribution >= 4 is 0 Å². The molecule has 0 saturated carbocycles. The summed E-state index contributed by atoms with van der Waals surface area (Å²) in [4.78, 5) is 0. The smallest absolute Gasteiger partial charge is 0.134 e. The maximum Gasteiger partial charge on any atom is 0.134 e. The molecule has 1 heterocycles. The summed E-state index contributed by atoms with van der Waals surface area (Å²) < 4.78 is 16.2. The third kappa shape index (κ3) is 3.63. The van der Waals surface area contributed by atoms with Crippen LogP contribution in [0.4, 0.5) is 0 Å². The van der Waals surface area contributed by atoms with Gasteiger partial charge in [-0.15, -0.1) is 0 Å². The topological polar surface area (TPSA) is 57.6 Å². The van der Waals surface area contributed by atoms with Crippen molar-refractivity contribution in [1.29, 1.82) is 0 Å². The highest BCUT2D eigenvalue weighted by Crippen LogP contribution is 2.23. The maximum atomic E-state index is 6.01. The summed E-state index contributed by atoms with van der Waals surface area (Å²) in [6.45, 7) is 5.03. The van der Waals surface area contributed by atoms with E-state index in [0.29, 0.717) is 13.2 Å². The van der Waals surface area contributed by atoms with Crippen LogP contribution in [0.5, 0.6) is 0 Å². The van der Waals surface area contributed by atoms with Gasteiger partial charge in [0.1, 0.15) is 17.6 Å². The Kier molecular flexibility index (Phi) is 5.52. The lowest BCUT2D eigenvalue weighted by molar-refractivity contribution is -0.00818. The lowest BCUT2D eigenvalue weighted by Crippen LogP contribution is -2.30. The van der Waals surface area contributed by atoms with Gasteiger partial charge in [-0.05, 0) is 25.5 Å². The van der Waals surface area contributed by atoms with Gasteiger partial charge in [0.05, 0.1) is 13.2 Å². The summed E-state index contributed by atoms with van der Waals surface area (Å²) in [5.74, 6) is 1.67. The molecule has 0 fully saturated rings. The predicted octanol–water partition coefficient (Wildman–Crippen LogP) is 2.03. The Balaban J connectivity index is 2.63. The minimum Gasteiger partial charge on any atom is -0.464 e. The molecular weight excluding hydrogens is 206 g/mol. The van der Waals surface area contributed by atoms with Crippen LogP contribution < -0.4 is 5.73 Å². The van der Waals surface area contributed by atoms with Gasteiger partial charge in [-0.1, -0.05) is 6.92 Å². The van der Waals surface area contributed by atoms with E-state index in [1.165, 1.54) is 0 Å². The number of nitrogens with two attached hydrogens (primary N) is 1. The molecular formula is C12H21NO3. The largest absolute Gasteiger partial charge is 0.464 e. The van der Waals surface area contributed by atoms with Gasteiger partial charge in [-0.3, -0.25) is 0 Å². The lowest BCUT2D eigenvalue weighted by Gasteiger charge is -2.21. The van der Waals surface area contributed by atoms with Crippen LogP contribution in [0.2, 0.25) is 0 Å². The first-order valence-corrected chi connectivity index (χ1v) is 5.61. The Bertz CT molecular complexity index is 298. The number of hydrogen-bond donors (Lipinski definition) is 1. The van der Waals surface area contributed by atoms with Gasteiger partial charge in [0.15, 0.2) is 0 Å². The van der Waals surface area contributed by atoms with Gasteiger partial charge in [0.2, 0.25) is 0 Å². The van der Waals surface area contributed by atoms with E-state index in [1.807, 2.05) is 26.0 Å². The number of aryl methyl sites for hydroxylation is 1. The molecule has 92 valence electrons. The Labute approximate surface area is 96.7 Å². The Morgan fingerprint density at radius 1 is 1.38 bits per heavy atom. The van der Waals surface area contributed by atoms with Crippen molar-refractivity contribution in [2.24, 2.45) is 5.73 Å². The SMILES string of the molecule is CCC(N)C(OCCOC)c1ccc(C)o1. The van der Waals surface area contributed by atoms with Gasteiger partial charge in [0.25, 0.3) is 0 Å². The fourth-order valence-corrected chi connectivity index (χ4v) is 1.50. The Hall–Kier alpha value is -0.840. The van der Waals surface area contributed by atoms with Crippen LogP contribution >= 0.6 is 0 Å². The minimum absolute atomic E-state index is 0.0533. The van der Waals surface area contributed by atoms with Crippen LogP contribution in [0, 0.1) is 6.92 Å². The fourth-order valence-electron chi connectivity index (χ4n) is 1.50. The molecule has 4 heteroatoms. The van der Waals surface area contributed by atoms with E-state index >= 15 is 0 Å². The summed E-state index contributed by atoms with van der Waals surface area (Å²) >= 11 is 0. The van der Waals surface area contributed by atoms with E-state index in [9.17, 15) is 0 Å². The Morgan fingerprint density at radius 3 is 2.62 bits per heavy atom. The average molecular weight is 227 g/mol. The average Bonchev–Trinajstić information content (AvgIpc) is 2.70. The van der Waals surface area contributed by atoms with Gasteiger partial charge >= 0.3 is 0 Å². The number of ether oxygens (including phenoxy) is 2. The molecule has 16 heavy (non-hydrogen) atoms. The second kappa shape index (κ2) is 6.68. The van der Waals surface area contributed by atoms with Crippen molar-refractivity contribution in [3.63, 3.8) is 0 Å². The van der Waals surface area contributed by atoms with Crippen molar-refractivity contribution in [3.8, 4) is 0 Å². The zero-order chi connectivity index (χ0) is 12.0. The number of hydrogen-bond acceptors (Lipinski definition) is 4. The molecule has 0 aliphatic rings. The molecule has 1 aromatic rings. The zero-order valence-corrected chi connectivity index (χ0v) is 10.2. The maximum absolute atomic E-state index is 6.01. The minimum atomic E-state index is -0.186. The molecule has 0 spiro atoms. The van der Waals surface area contributed by atoms with Gasteiger partial charge < -0.3 is 19.6 Å². The van der Waals surface area contributed by atoms with Crippen LogP contribution in [-0.2, 0) is 9.47 Å². The summed E-state index contributed by atoms with van der Waals surface area (Å²) in [7, 11) is 1.65. The molecule has 0 radical (unpaired) electrons. The van der Waals surface area contributed by atoms with E-state index in [-0.39, 0.29) is 12.1 Å². The molecule has 1 aromatic heterocycles. The molecule has 0 amide bonds. The van der Waals surface area contributed by atoms with Crippen molar-refractivity contribution in [1.82, 2.24) is 0 Å². The van der Waals surface area contributed by atoms with Crippen LogP contribution in [-0.4, -0.2) is 26.4 Å². The monoisotopic (exact) mass is 227 g/mol. The second-order valence-electron chi connectivity index (χ2n) is 3.80. The molecule has 1 rings (SSSR count). The van der Waals surface area contributed by atoms with E-state index in [2.05, 4.69) is 0 Å². The molecule has 2 N–H and O–H groups in total. The van der Waals surface area contributed by atoms with Crippen molar-refractivity contribution in [2.75, 3.05) is 20.3 Å². The van der Waals surface area contributed by atoms with E-state index < -0.39 is 0 Å². The zero-order valence-electron chi connectivity index (χ0n) is 10.2. The molecule has 0 aliphatic carbocycles. The highest BCUT2D eigenvalue weighted by atomic mass is 16.5.